The van der Waals surface area contributed by atoms with Crippen molar-refractivity contribution in [2.45, 2.75) is 18.0 Å². The lowest BCUT2D eigenvalue weighted by atomic mass is 9.91. The second-order valence-corrected chi connectivity index (χ2v) is 4.80. The Balaban J connectivity index is 3.61. The van der Waals surface area contributed by atoms with E-state index in [1.165, 1.54) is 0 Å². The SMILES string of the molecule is COc1cc(I)ccc1C(O)(C(F)(F)F)C(F)(F)F. The third-order valence-corrected chi connectivity index (χ3v) is 3.04. The third kappa shape index (κ3) is 2.76. The van der Waals surface area contributed by atoms with Gasteiger partial charge in [-0.15, -0.1) is 0 Å². The zero-order valence-electron chi connectivity index (χ0n) is 9.23. The van der Waals surface area contributed by atoms with Crippen LogP contribution in [0.4, 0.5) is 26.3 Å². The van der Waals surface area contributed by atoms with Crippen molar-refractivity contribution in [3.05, 3.63) is 27.3 Å². The zero-order valence-corrected chi connectivity index (χ0v) is 11.4. The van der Waals surface area contributed by atoms with E-state index in [2.05, 4.69) is 4.74 Å². The molecule has 0 aliphatic heterocycles. The predicted octanol–water partition coefficient (Wildman–Crippen LogP) is 3.61. The van der Waals surface area contributed by atoms with Gasteiger partial charge in [-0.05, 0) is 34.7 Å². The van der Waals surface area contributed by atoms with Crippen molar-refractivity contribution in [1.29, 1.82) is 0 Å². The fourth-order valence-corrected chi connectivity index (χ4v) is 1.89. The zero-order chi connectivity index (χ0) is 15.1. The Bertz CT molecular complexity index is 454. The first-order valence-electron chi connectivity index (χ1n) is 4.65. The van der Waals surface area contributed by atoms with Gasteiger partial charge in [-0.3, -0.25) is 0 Å². The van der Waals surface area contributed by atoms with Crippen LogP contribution in [-0.2, 0) is 5.60 Å². The second-order valence-electron chi connectivity index (χ2n) is 3.55. The molecule has 0 heterocycles. The molecule has 0 saturated heterocycles. The molecular formula is C10H7F6IO2. The summed E-state index contributed by atoms with van der Waals surface area (Å²) < 4.78 is 80.9. The Labute approximate surface area is 117 Å². The number of alkyl halides is 6. The number of halogens is 7. The van der Waals surface area contributed by atoms with Gasteiger partial charge in [-0.25, -0.2) is 0 Å². The number of hydrogen-bond donors (Lipinski definition) is 1. The normalized spacial score (nSPS) is 13.5. The van der Waals surface area contributed by atoms with E-state index < -0.39 is 29.3 Å². The maximum atomic E-state index is 12.7. The first kappa shape index (κ1) is 16.3. The van der Waals surface area contributed by atoms with Crippen molar-refractivity contribution >= 4 is 22.6 Å². The van der Waals surface area contributed by atoms with Crippen LogP contribution >= 0.6 is 22.6 Å². The van der Waals surface area contributed by atoms with E-state index in [-0.39, 0.29) is 0 Å². The minimum atomic E-state index is -5.93. The minimum Gasteiger partial charge on any atom is -0.496 e. The number of aliphatic hydroxyl groups is 1. The molecule has 19 heavy (non-hydrogen) atoms. The maximum absolute atomic E-state index is 12.7. The van der Waals surface area contributed by atoms with Crippen LogP contribution in [0.5, 0.6) is 5.75 Å². The third-order valence-electron chi connectivity index (χ3n) is 2.37. The van der Waals surface area contributed by atoms with Crippen LogP contribution in [0.25, 0.3) is 0 Å². The van der Waals surface area contributed by atoms with Gasteiger partial charge in [-0.1, -0.05) is 6.07 Å². The number of rotatable bonds is 2. The average Bonchev–Trinajstić information content (AvgIpc) is 2.24. The molecule has 1 aromatic carbocycles. The molecule has 108 valence electrons. The predicted molar refractivity (Wildman–Crippen MR) is 61.7 cm³/mol. The van der Waals surface area contributed by atoms with E-state index in [4.69, 9.17) is 0 Å². The van der Waals surface area contributed by atoms with Gasteiger partial charge in [0.15, 0.2) is 0 Å². The van der Waals surface area contributed by atoms with Gasteiger partial charge in [0.1, 0.15) is 5.75 Å². The van der Waals surface area contributed by atoms with Crippen LogP contribution in [0.15, 0.2) is 18.2 Å². The van der Waals surface area contributed by atoms with Gasteiger partial charge < -0.3 is 9.84 Å². The highest BCUT2D eigenvalue weighted by Gasteiger charge is 2.72. The minimum absolute atomic E-state index is 0.366. The molecule has 1 N–H and O–H groups in total. The standard InChI is InChI=1S/C10H7F6IO2/c1-19-7-4-5(17)2-3-6(7)8(18,9(11,12)13)10(14,15)16/h2-4,18H,1H3. The summed E-state index contributed by atoms with van der Waals surface area (Å²) in [5.41, 5.74) is -6.37. The monoisotopic (exact) mass is 400 g/mol. The summed E-state index contributed by atoms with van der Waals surface area (Å²) in [7, 11) is 0.919. The molecule has 1 rings (SSSR count). The van der Waals surface area contributed by atoms with E-state index in [9.17, 15) is 31.4 Å². The topological polar surface area (TPSA) is 29.5 Å². The molecular weight excluding hydrogens is 393 g/mol. The maximum Gasteiger partial charge on any atom is 0.430 e. The lowest BCUT2D eigenvalue weighted by Gasteiger charge is -2.33. The van der Waals surface area contributed by atoms with Crippen molar-refractivity contribution in [3.8, 4) is 5.75 Å². The first-order valence-corrected chi connectivity index (χ1v) is 5.73. The Hall–Kier alpha value is -0.710. The Kier molecular flexibility index (Phi) is 4.30. The van der Waals surface area contributed by atoms with Gasteiger partial charge in [-0.2, -0.15) is 26.3 Å². The molecule has 0 aliphatic rings. The summed E-state index contributed by atoms with van der Waals surface area (Å²) in [5, 5.41) is 9.23. The molecule has 0 aliphatic carbocycles. The second kappa shape index (κ2) is 5.00. The summed E-state index contributed by atoms with van der Waals surface area (Å²) in [5.74, 6) is -0.691. The molecule has 0 bridgehead atoms. The molecule has 0 amide bonds. The highest BCUT2D eigenvalue weighted by Crippen LogP contribution is 2.52. The molecule has 0 fully saturated rings. The van der Waals surface area contributed by atoms with Gasteiger partial charge in [0, 0.05) is 9.13 Å². The number of benzene rings is 1. The van der Waals surface area contributed by atoms with Gasteiger partial charge in [0.25, 0.3) is 5.60 Å². The fourth-order valence-electron chi connectivity index (χ4n) is 1.43. The lowest BCUT2D eigenvalue weighted by molar-refractivity contribution is -0.376. The average molecular weight is 400 g/mol. The van der Waals surface area contributed by atoms with Gasteiger partial charge in [0.2, 0.25) is 0 Å². The molecule has 1 aromatic rings. The summed E-state index contributed by atoms with van der Waals surface area (Å²) in [6.07, 6.45) is -11.9. The molecule has 0 aromatic heterocycles. The molecule has 0 unspecified atom stereocenters. The van der Waals surface area contributed by atoms with E-state index in [0.717, 1.165) is 19.2 Å². The van der Waals surface area contributed by atoms with E-state index >= 15 is 0 Å². The highest BCUT2D eigenvalue weighted by molar-refractivity contribution is 14.1. The van der Waals surface area contributed by atoms with Crippen LogP contribution < -0.4 is 4.74 Å². The number of hydrogen-bond acceptors (Lipinski definition) is 2. The Morgan fingerprint density at radius 3 is 1.89 bits per heavy atom. The van der Waals surface area contributed by atoms with Crippen LogP contribution in [0.3, 0.4) is 0 Å². The molecule has 0 spiro atoms. The smallest absolute Gasteiger partial charge is 0.430 e. The van der Waals surface area contributed by atoms with E-state index in [1.807, 2.05) is 0 Å². The lowest BCUT2D eigenvalue weighted by Crippen LogP contribution is -2.54. The Morgan fingerprint density at radius 1 is 1.05 bits per heavy atom. The van der Waals surface area contributed by atoms with Crippen molar-refractivity contribution < 1.29 is 36.2 Å². The van der Waals surface area contributed by atoms with Crippen molar-refractivity contribution in [2.75, 3.05) is 7.11 Å². The van der Waals surface area contributed by atoms with Crippen molar-refractivity contribution in [3.63, 3.8) is 0 Å². The van der Waals surface area contributed by atoms with Crippen LogP contribution in [0, 0.1) is 3.57 Å². The summed E-state index contributed by atoms with van der Waals surface area (Å²) >= 11 is 1.69. The van der Waals surface area contributed by atoms with Crippen molar-refractivity contribution in [2.24, 2.45) is 0 Å². The molecule has 9 heteroatoms. The fraction of sp³-hybridized carbons (Fsp3) is 0.400. The largest absolute Gasteiger partial charge is 0.496 e. The van der Waals surface area contributed by atoms with E-state index in [1.54, 1.807) is 22.6 Å². The van der Waals surface area contributed by atoms with Crippen LogP contribution in [-0.4, -0.2) is 24.6 Å². The summed E-state index contributed by atoms with van der Waals surface area (Å²) in [4.78, 5) is 0. The van der Waals surface area contributed by atoms with Gasteiger partial charge in [0.05, 0.1) is 7.11 Å². The van der Waals surface area contributed by atoms with E-state index in [0.29, 0.717) is 9.64 Å². The summed E-state index contributed by atoms with van der Waals surface area (Å²) in [6, 6.07) is 2.53. The molecule has 0 atom stereocenters. The summed E-state index contributed by atoms with van der Waals surface area (Å²) in [6.45, 7) is 0. The van der Waals surface area contributed by atoms with Gasteiger partial charge >= 0.3 is 12.4 Å². The number of methoxy groups -OCH3 is 1. The first-order chi connectivity index (χ1) is 8.45. The van der Waals surface area contributed by atoms with Crippen LogP contribution in [0.2, 0.25) is 0 Å². The Morgan fingerprint density at radius 2 is 1.53 bits per heavy atom. The highest BCUT2D eigenvalue weighted by atomic mass is 127. The van der Waals surface area contributed by atoms with Crippen LogP contribution in [0.1, 0.15) is 5.56 Å². The molecule has 0 radical (unpaired) electrons. The molecule has 0 saturated carbocycles. The number of ether oxygens (including phenoxy) is 1. The molecule has 2 nitrogen and oxygen atoms in total. The van der Waals surface area contributed by atoms with Crippen molar-refractivity contribution in [1.82, 2.24) is 0 Å². The quantitative estimate of drug-likeness (QED) is 0.608.